The van der Waals surface area contributed by atoms with E-state index in [1.165, 1.54) is 18.3 Å². The SMILES string of the molecule is Cl.O=C(O)c1cc(-c2cc(Cl)ccc2O)ccn1. The van der Waals surface area contributed by atoms with E-state index in [0.717, 1.165) is 0 Å². The number of carboxylic acid groups (broad SMARTS) is 1. The lowest BCUT2D eigenvalue weighted by molar-refractivity contribution is 0.0690. The summed E-state index contributed by atoms with van der Waals surface area (Å²) in [6.07, 6.45) is 1.37. The van der Waals surface area contributed by atoms with Crippen molar-refractivity contribution < 1.29 is 15.0 Å². The van der Waals surface area contributed by atoms with Gasteiger partial charge in [-0.2, -0.15) is 0 Å². The molecule has 0 bridgehead atoms. The molecule has 2 N–H and O–H groups in total. The molecular weight excluding hydrogens is 277 g/mol. The van der Waals surface area contributed by atoms with Gasteiger partial charge in [0.2, 0.25) is 0 Å². The van der Waals surface area contributed by atoms with Crippen molar-refractivity contribution in [3.63, 3.8) is 0 Å². The van der Waals surface area contributed by atoms with E-state index in [9.17, 15) is 9.90 Å². The first kappa shape index (κ1) is 14.3. The Labute approximate surface area is 114 Å². The molecule has 0 spiro atoms. The van der Waals surface area contributed by atoms with E-state index in [-0.39, 0.29) is 23.9 Å². The molecule has 6 heteroatoms. The Bertz CT molecular complexity index is 587. The lowest BCUT2D eigenvalue weighted by Gasteiger charge is -2.05. The third-order valence-electron chi connectivity index (χ3n) is 2.25. The van der Waals surface area contributed by atoms with Crippen LogP contribution >= 0.6 is 24.0 Å². The summed E-state index contributed by atoms with van der Waals surface area (Å²) in [6.45, 7) is 0. The smallest absolute Gasteiger partial charge is 0.354 e. The third-order valence-corrected chi connectivity index (χ3v) is 2.48. The van der Waals surface area contributed by atoms with Gasteiger partial charge in [-0.3, -0.25) is 0 Å². The molecule has 2 aromatic rings. The van der Waals surface area contributed by atoms with Crippen LogP contribution in [0.3, 0.4) is 0 Å². The zero-order valence-corrected chi connectivity index (χ0v) is 10.6. The number of benzene rings is 1. The number of hydrogen-bond donors (Lipinski definition) is 2. The van der Waals surface area contributed by atoms with E-state index < -0.39 is 5.97 Å². The van der Waals surface area contributed by atoms with Gasteiger partial charge in [-0.15, -0.1) is 12.4 Å². The molecule has 0 amide bonds. The fourth-order valence-electron chi connectivity index (χ4n) is 1.45. The monoisotopic (exact) mass is 285 g/mol. The molecular formula is C12H9Cl2NO3. The zero-order chi connectivity index (χ0) is 12.4. The molecule has 0 atom stereocenters. The van der Waals surface area contributed by atoms with Gasteiger partial charge in [0.15, 0.2) is 0 Å². The number of hydrogen-bond acceptors (Lipinski definition) is 3. The highest BCUT2D eigenvalue weighted by atomic mass is 35.5. The Morgan fingerprint density at radius 2 is 1.94 bits per heavy atom. The Hall–Kier alpha value is -1.78. The number of carboxylic acids is 1. The number of aromatic hydroxyl groups is 1. The maximum absolute atomic E-state index is 10.8. The molecule has 0 aliphatic heterocycles. The third kappa shape index (κ3) is 2.91. The van der Waals surface area contributed by atoms with Gasteiger partial charge in [0, 0.05) is 16.8 Å². The normalized spacial score (nSPS) is 9.61. The van der Waals surface area contributed by atoms with Gasteiger partial charge < -0.3 is 10.2 Å². The molecule has 1 aromatic heterocycles. The van der Waals surface area contributed by atoms with Gasteiger partial charge in [0.05, 0.1) is 0 Å². The van der Waals surface area contributed by atoms with E-state index >= 15 is 0 Å². The zero-order valence-electron chi connectivity index (χ0n) is 9.00. The number of pyridine rings is 1. The van der Waals surface area contributed by atoms with Gasteiger partial charge in [-0.1, -0.05) is 11.6 Å². The Kier molecular flexibility index (Phi) is 4.53. The second kappa shape index (κ2) is 5.71. The van der Waals surface area contributed by atoms with Crippen LogP contribution in [0.5, 0.6) is 5.75 Å². The molecule has 1 aromatic carbocycles. The summed E-state index contributed by atoms with van der Waals surface area (Å²) in [5, 5.41) is 19.0. The molecule has 0 saturated heterocycles. The number of phenols is 1. The minimum Gasteiger partial charge on any atom is -0.507 e. The van der Waals surface area contributed by atoms with Crippen molar-refractivity contribution >= 4 is 30.0 Å². The van der Waals surface area contributed by atoms with Crippen LogP contribution in [0.2, 0.25) is 5.02 Å². The van der Waals surface area contributed by atoms with E-state index in [0.29, 0.717) is 16.1 Å². The molecule has 1 heterocycles. The van der Waals surface area contributed by atoms with Crippen molar-refractivity contribution in [3.05, 3.63) is 47.2 Å². The fraction of sp³-hybridized carbons (Fsp3) is 0. The van der Waals surface area contributed by atoms with Crippen molar-refractivity contribution in [1.82, 2.24) is 4.98 Å². The van der Waals surface area contributed by atoms with Gasteiger partial charge >= 0.3 is 5.97 Å². The van der Waals surface area contributed by atoms with Gasteiger partial charge in [0.1, 0.15) is 11.4 Å². The molecule has 0 saturated carbocycles. The molecule has 0 aliphatic rings. The van der Waals surface area contributed by atoms with Crippen molar-refractivity contribution in [3.8, 4) is 16.9 Å². The largest absolute Gasteiger partial charge is 0.507 e. The fourth-order valence-corrected chi connectivity index (χ4v) is 1.63. The predicted molar refractivity (Wildman–Crippen MR) is 70.6 cm³/mol. The van der Waals surface area contributed by atoms with E-state index in [1.807, 2.05) is 0 Å². The van der Waals surface area contributed by atoms with Crippen LogP contribution in [0.25, 0.3) is 11.1 Å². The molecule has 18 heavy (non-hydrogen) atoms. The first-order valence-corrected chi connectivity index (χ1v) is 5.14. The second-order valence-corrected chi connectivity index (χ2v) is 3.83. The standard InChI is InChI=1S/C12H8ClNO3.ClH/c13-8-1-2-11(15)9(6-8)7-3-4-14-10(5-7)12(16)17;/h1-6,15H,(H,16,17);1H. The summed E-state index contributed by atoms with van der Waals surface area (Å²) in [5.41, 5.74) is 0.946. The van der Waals surface area contributed by atoms with Crippen molar-refractivity contribution in [2.45, 2.75) is 0 Å². The average Bonchev–Trinajstić information content (AvgIpc) is 2.32. The lowest BCUT2D eigenvalue weighted by Crippen LogP contribution is -1.99. The molecule has 0 radical (unpaired) electrons. The van der Waals surface area contributed by atoms with Gasteiger partial charge in [0.25, 0.3) is 0 Å². The number of nitrogens with zero attached hydrogens (tertiary/aromatic N) is 1. The van der Waals surface area contributed by atoms with E-state index in [4.69, 9.17) is 16.7 Å². The summed E-state index contributed by atoms with van der Waals surface area (Å²) < 4.78 is 0. The van der Waals surface area contributed by atoms with Crippen LogP contribution in [0.15, 0.2) is 36.5 Å². The van der Waals surface area contributed by atoms with Crippen LogP contribution in [-0.4, -0.2) is 21.2 Å². The number of carbonyl (C=O) groups is 1. The summed E-state index contributed by atoms with van der Waals surface area (Å²) >= 11 is 5.83. The average molecular weight is 286 g/mol. The van der Waals surface area contributed by atoms with Crippen LogP contribution in [0.4, 0.5) is 0 Å². The molecule has 4 nitrogen and oxygen atoms in total. The minimum absolute atomic E-state index is 0. The topological polar surface area (TPSA) is 70.4 Å². The summed E-state index contributed by atoms with van der Waals surface area (Å²) in [5.74, 6) is -1.08. The molecule has 2 rings (SSSR count). The van der Waals surface area contributed by atoms with Crippen LogP contribution in [0.1, 0.15) is 10.5 Å². The summed E-state index contributed by atoms with van der Waals surface area (Å²) in [6, 6.07) is 7.57. The van der Waals surface area contributed by atoms with Crippen molar-refractivity contribution in [1.29, 1.82) is 0 Å². The number of aromatic carboxylic acids is 1. The molecule has 0 unspecified atom stereocenters. The maximum atomic E-state index is 10.8. The van der Waals surface area contributed by atoms with Crippen molar-refractivity contribution in [2.24, 2.45) is 0 Å². The second-order valence-electron chi connectivity index (χ2n) is 3.40. The van der Waals surface area contributed by atoms with E-state index in [1.54, 1.807) is 18.2 Å². The quantitative estimate of drug-likeness (QED) is 0.889. The molecule has 94 valence electrons. The number of halogens is 2. The highest BCUT2D eigenvalue weighted by Gasteiger charge is 2.09. The van der Waals surface area contributed by atoms with Crippen LogP contribution < -0.4 is 0 Å². The van der Waals surface area contributed by atoms with Crippen LogP contribution in [-0.2, 0) is 0 Å². The summed E-state index contributed by atoms with van der Waals surface area (Å²) in [4.78, 5) is 14.5. The minimum atomic E-state index is -1.12. The van der Waals surface area contributed by atoms with Crippen molar-refractivity contribution in [2.75, 3.05) is 0 Å². The maximum Gasteiger partial charge on any atom is 0.354 e. The Morgan fingerprint density at radius 3 is 2.61 bits per heavy atom. The number of rotatable bonds is 2. The molecule has 0 fully saturated rings. The Morgan fingerprint density at radius 1 is 1.22 bits per heavy atom. The number of aromatic nitrogens is 1. The highest BCUT2D eigenvalue weighted by Crippen LogP contribution is 2.31. The van der Waals surface area contributed by atoms with Gasteiger partial charge in [-0.25, -0.2) is 9.78 Å². The molecule has 0 aliphatic carbocycles. The number of phenolic OH excluding ortho intramolecular Hbond substituents is 1. The first-order chi connectivity index (χ1) is 8.08. The highest BCUT2D eigenvalue weighted by molar-refractivity contribution is 6.31. The summed E-state index contributed by atoms with van der Waals surface area (Å²) in [7, 11) is 0. The Balaban J connectivity index is 0.00000162. The van der Waals surface area contributed by atoms with E-state index in [2.05, 4.69) is 4.98 Å². The van der Waals surface area contributed by atoms with Crippen LogP contribution in [0, 0.1) is 0 Å². The predicted octanol–water partition coefficient (Wildman–Crippen LogP) is 3.23. The lowest BCUT2D eigenvalue weighted by atomic mass is 10.1. The van der Waals surface area contributed by atoms with Gasteiger partial charge in [-0.05, 0) is 35.9 Å². The first-order valence-electron chi connectivity index (χ1n) is 4.76.